The zero-order valence-corrected chi connectivity index (χ0v) is 5.77. The summed E-state index contributed by atoms with van der Waals surface area (Å²) in [5, 5.41) is 0. The van der Waals surface area contributed by atoms with Crippen molar-refractivity contribution in [2.75, 3.05) is 0 Å². The van der Waals surface area contributed by atoms with Gasteiger partial charge in [0.25, 0.3) is 6.39 Å². The molecule has 0 aliphatic heterocycles. The van der Waals surface area contributed by atoms with E-state index in [1.165, 1.54) is 0 Å². The Labute approximate surface area is 54.9 Å². The van der Waals surface area contributed by atoms with Crippen molar-refractivity contribution in [3.05, 3.63) is 17.8 Å². The topological polar surface area (TPSA) is 26.0 Å². The van der Waals surface area contributed by atoms with Crippen LogP contribution in [0, 0.1) is 13.3 Å². The first-order valence-electron chi connectivity index (χ1n) is 3.17. The SMILES string of the molecule is CCCc1o[c]nc1C. The van der Waals surface area contributed by atoms with Crippen molar-refractivity contribution in [1.29, 1.82) is 0 Å². The van der Waals surface area contributed by atoms with Crippen molar-refractivity contribution in [3.8, 4) is 0 Å². The van der Waals surface area contributed by atoms with Gasteiger partial charge in [-0.3, -0.25) is 0 Å². The zero-order valence-electron chi connectivity index (χ0n) is 5.77. The Morgan fingerprint density at radius 3 is 2.89 bits per heavy atom. The maximum atomic E-state index is 4.97. The molecule has 2 nitrogen and oxygen atoms in total. The van der Waals surface area contributed by atoms with Gasteiger partial charge in [0.05, 0.1) is 5.69 Å². The minimum atomic E-state index is 0.969. The summed E-state index contributed by atoms with van der Waals surface area (Å²) in [5.74, 6) is 0.970. The average Bonchev–Trinajstić information content (AvgIpc) is 2.18. The van der Waals surface area contributed by atoms with Crippen LogP contribution in [-0.4, -0.2) is 4.98 Å². The van der Waals surface area contributed by atoms with E-state index in [2.05, 4.69) is 18.3 Å². The van der Waals surface area contributed by atoms with Gasteiger partial charge in [0.1, 0.15) is 5.76 Å². The molecule has 0 spiro atoms. The van der Waals surface area contributed by atoms with Crippen molar-refractivity contribution in [3.63, 3.8) is 0 Å². The van der Waals surface area contributed by atoms with Crippen LogP contribution >= 0.6 is 0 Å². The van der Waals surface area contributed by atoms with E-state index in [1.807, 2.05) is 6.92 Å². The molecule has 1 aromatic rings. The fourth-order valence-electron chi connectivity index (χ4n) is 0.742. The van der Waals surface area contributed by atoms with Gasteiger partial charge in [0.2, 0.25) is 0 Å². The molecule has 0 saturated carbocycles. The van der Waals surface area contributed by atoms with Crippen LogP contribution in [0.25, 0.3) is 0 Å². The second kappa shape index (κ2) is 2.67. The summed E-state index contributed by atoms with van der Waals surface area (Å²) in [6.45, 7) is 4.05. The van der Waals surface area contributed by atoms with Gasteiger partial charge in [-0.1, -0.05) is 6.92 Å². The first-order chi connectivity index (χ1) is 4.34. The molecule has 1 heterocycles. The second-order valence-electron chi connectivity index (χ2n) is 2.06. The first-order valence-corrected chi connectivity index (χ1v) is 3.17. The molecule has 0 saturated heterocycles. The molecule has 0 aromatic carbocycles. The maximum Gasteiger partial charge on any atom is 0.284 e. The molecule has 1 radical (unpaired) electrons. The minimum absolute atomic E-state index is 0.969. The number of nitrogens with zero attached hydrogens (tertiary/aromatic N) is 1. The highest BCUT2D eigenvalue weighted by atomic mass is 16.3. The van der Waals surface area contributed by atoms with Crippen LogP contribution in [0.4, 0.5) is 0 Å². The molecular formula is C7H10NO. The molecule has 0 aliphatic carbocycles. The molecule has 9 heavy (non-hydrogen) atoms. The van der Waals surface area contributed by atoms with E-state index >= 15 is 0 Å². The molecule has 1 aromatic heterocycles. The lowest BCUT2D eigenvalue weighted by atomic mass is 10.2. The number of aryl methyl sites for hydroxylation is 2. The quantitative estimate of drug-likeness (QED) is 0.600. The van der Waals surface area contributed by atoms with Gasteiger partial charge in [0.15, 0.2) is 0 Å². The average molecular weight is 124 g/mol. The third-order valence-corrected chi connectivity index (χ3v) is 1.26. The third-order valence-electron chi connectivity index (χ3n) is 1.26. The lowest BCUT2D eigenvalue weighted by molar-refractivity contribution is 0.491. The van der Waals surface area contributed by atoms with Gasteiger partial charge in [-0.15, -0.1) is 0 Å². The standard InChI is InChI=1S/C7H10NO/c1-3-4-7-6(2)8-5-9-7/h3-4H2,1-2H3. The lowest BCUT2D eigenvalue weighted by Gasteiger charge is -1.89. The summed E-state index contributed by atoms with van der Waals surface area (Å²) in [7, 11) is 0. The van der Waals surface area contributed by atoms with E-state index in [0.29, 0.717) is 0 Å². The van der Waals surface area contributed by atoms with Gasteiger partial charge in [0, 0.05) is 6.42 Å². The van der Waals surface area contributed by atoms with Crippen LogP contribution in [0.5, 0.6) is 0 Å². The molecule has 1 rings (SSSR count). The van der Waals surface area contributed by atoms with Crippen LogP contribution in [-0.2, 0) is 6.42 Å². The summed E-state index contributed by atoms with van der Waals surface area (Å²) >= 11 is 0. The van der Waals surface area contributed by atoms with Crippen LogP contribution in [0.1, 0.15) is 24.8 Å². The van der Waals surface area contributed by atoms with Crippen LogP contribution < -0.4 is 0 Å². The van der Waals surface area contributed by atoms with Crippen molar-refractivity contribution >= 4 is 0 Å². The van der Waals surface area contributed by atoms with E-state index in [9.17, 15) is 0 Å². The Hall–Kier alpha value is -0.790. The maximum absolute atomic E-state index is 4.97. The van der Waals surface area contributed by atoms with E-state index in [-0.39, 0.29) is 0 Å². The highest BCUT2D eigenvalue weighted by Gasteiger charge is 1.99. The number of hydrogen-bond donors (Lipinski definition) is 0. The number of oxazole rings is 1. The molecule has 2 heteroatoms. The monoisotopic (exact) mass is 124 g/mol. The minimum Gasteiger partial charge on any atom is -0.437 e. The Morgan fingerprint density at radius 2 is 2.44 bits per heavy atom. The Morgan fingerprint density at radius 1 is 1.67 bits per heavy atom. The van der Waals surface area contributed by atoms with Crippen molar-refractivity contribution in [2.45, 2.75) is 26.7 Å². The third kappa shape index (κ3) is 1.31. The zero-order chi connectivity index (χ0) is 6.69. The predicted octanol–water partition coefficient (Wildman–Crippen LogP) is 1.74. The van der Waals surface area contributed by atoms with Gasteiger partial charge in [-0.05, 0) is 13.3 Å². The summed E-state index contributed by atoms with van der Waals surface area (Å²) in [6, 6.07) is 0. The van der Waals surface area contributed by atoms with Crippen LogP contribution in [0.15, 0.2) is 4.42 Å². The molecule has 0 amide bonds. The largest absolute Gasteiger partial charge is 0.437 e. The predicted molar refractivity (Wildman–Crippen MR) is 34.1 cm³/mol. The fourth-order valence-corrected chi connectivity index (χ4v) is 0.742. The molecule has 0 N–H and O–H groups in total. The molecular weight excluding hydrogens is 114 g/mol. The first kappa shape index (κ1) is 6.33. The Bertz CT molecular complexity index is 181. The van der Waals surface area contributed by atoms with Crippen molar-refractivity contribution < 1.29 is 4.42 Å². The molecule has 0 fully saturated rings. The summed E-state index contributed by atoms with van der Waals surface area (Å²) in [4.78, 5) is 3.84. The molecule has 0 bridgehead atoms. The Balaban J connectivity index is 2.69. The van der Waals surface area contributed by atoms with Gasteiger partial charge in [-0.2, -0.15) is 0 Å². The Kier molecular flexibility index (Phi) is 1.88. The van der Waals surface area contributed by atoms with Gasteiger partial charge in [-0.25, -0.2) is 4.98 Å². The van der Waals surface area contributed by atoms with Crippen LogP contribution in [0.2, 0.25) is 0 Å². The van der Waals surface area contributed by atoms with E-state index in [0.717, 1.165) is 24.3 Å². The molecule has 0 unspecified atom stereocenters. The normalized spacial score (nSPS) is 10.0. The second-order valence-corrected chi connectivity index (χ2v) is 2.06. The smallest absolute Gasteiger partial charge is 0.284 e. The van der Waals surface area contributed by atoms with E-state index in [1.54, 1.807) is 0 Å². The van der Waals surface area contributed by atoms with Crippen molar-refractivity contribution in [2.24, 2.45) is 0 Å². The fraction of sp³-hybridized carbons (Fsp3) is 0.571. The summed E-state index contributed by atoms with van der Waals surface area (Å²) in [5.41, 5.74) is 0.969. The summed E-state index contributed by atoms with van der Waals surface area (Å²) < 4.78 is 4.97. The molecule has 0 atom stereocenters. The lowest BCUT2D eigenvalue weighted by Crippen LogP contribution is -1.81. The summed E-state index contributed by atoms with van der Waals surface area (Å²) in [6.07, 6.45) is 4.53. The highest BCUT2D eigenvalue weighted by molar-refractivity contribution is 5.03. The van der Waals surface area contributed by atoms with Gasteiger partial charge < -0.3 is 4.42 Å². The number of aromatic nitrogens is 1. The molecule has 49 valence electrons. The number of rotatable bonds is 2. The molecule has 0 aliphatic rings. The van der Waals surface area contributed by atoms with Gasteiger partial charge >= 0.3 is 0 Å². The van der Waals surface area contributed by atoms with Crippen molar-refractivity contribution in [1.82, 2.24) is 4.98 Å². The van der Waals surface area contributed by atoms with Crippen LogP contribution in [0.3, 0.4) is 0 Å². The van der Waals surface area contributed by atoms with E-state index < -0.39 is 0 Å². The van der Waals surface area contributed by atoms with E-state index in [4.69, 9.17) is 4.42 Å². The highest BCUT2D eigenvalue weighted by Crippen LogP contribution is 2.05. The number of hydrogen-bond acceptors (Lipinski definition) is 2.